The molecule has 200 valence electrons. The Hall–Kier alpha value is -4.38. The topological polar surface area (TPSA) is 115 Å². The third kappa shape index (κ3) is 3.84. The van der Waals surface area contributed by atoms with Crippen LogP contribution in [-0.4, -0.2) is 71.3 Å². The van der Waals surface area contributed by atoms with E-state index in [1.807, 2.05) is 44.5 Å². The SMILES string of the molecule is O=C(N1CCC(CO)CC1)N1CCn2cc(-c3c(-c4cnc5ccccn45)[nH][nH]c3=O)c3cc(F)cc(c32)C1. The van der Waals surface area contributed by atoms with Crippen molar-refractivity contribution in [1.29, 1.82) is 0 Å². The minimum atomic E-state index is -0.419. The number of benzene rings is 1. The first kappa shape index (κ1) is 23.7. The molecule has 2 amide bonds. The van der Waals surface area contributed by atoms with Crippen molar-refractivity contribution >= 4 is 22.6 Å². The number of rotatable bonds is 3. The van der Waals surface area contributed by atoms with Gasteiger partial charge in [0.15, 0.2) is 0 Å². The van der Waals surface area contributed by atoms with Crippen LogP contribution in [0.25, 0.3) is 39.1 Å². The molecule has 5 aromatic rings. The first-order chi connectivity index (χ1) is 19.0. The molecule has 0 unspecified atom stereocenters. The third-order valence-corrected chi connectivity index (χ3v) is 8.12. The van der Waals surface area contributed by atoms with Crippen molar-refractivity contribution in [1.82, 2.24) is 33.9 Å². The Balaban J connectivity index is 1.29. The van der Waals surface area contributed by atoms with Crippen molar-refractivity contribution in [2.24, 2.45) is 5.92 Å². The van der Waals surface area contributed by atoms with Gasteiger partial charge in [-0.3, -0.25) is 19.4 Å². The van der Waals surface area contributed by atoms with E-state index in [9.17, 15) is 14.7 Å². The molecule has 1 fully saturated rings. The number of aromatic amines is 2. The standard InChI is InChI=1S/C28H28FN7O3/c29-19-11-18-14-35(28(39)33-7-4-17(16-37)5-8-33)10-9-34-15-21(20(12-19)26(18)34)24-25(31-32-27(24)38)22-13-30-23-3-1-2-6-36(22)23/h1-3,6,11-13,15,17,37H,4-5,7-10,14,16H2,(H2,31,32,38). The number of halogens is 1. The maximum Gasteiger partial charge on any atom is 0.320 e. The van der Waals surface area contributed by atoms with Gasteiger partial charge in [-0.25, -0.2) is 14.2 Å². The number of aliphatic hydroxyl groups is 1. The Morgan fingerprint density at radius 1 is 1.10 bits per heavy atom. The number of hydrogen-bond donors (Lipinski definition) is 3. The molecule has 0 atom stereocenters. The molecule has 2 aliphatic heterocycles. The number of urea groups is 1. The lowest BCUT2D eigenvalue weighted by Gasteiger charge is -2.35. The van der Waals surface area contributed by atoms with E-state index in [2.05, 4.69) is 15.2 Å². The number of carbonyl (C=O) groups is 1. The second-order valence-corrected chi connectivity index (χ2v) is 10.4. The molecule has 11 heteroatoms. The van der Waals surface area contributed by atoms with E-state index < -0.39 is 5.82 Å². The Labute approximate surface area is 222 Å². The fourth-order valence-electron chi connectivity index (χ4n) is 6.09. The summed E-state index contributed by atoms with van der Waals surface area (Å²) in [7, 11) is 0. The molecule has 10 nitrogen and oxygen atoms in total. The smallest absolute Gasteiger partial charge is 0.320 e. The summed E-state index contributed by atoms with van der Waals surface area (Å²) < 4.78 is 19.0. The molecule has 0 radical (unpaired) electrons. The van der Waals surface area contributed by atoms with Crippen LogP contribution in [0.5, 0.6) is 0 Å². The lowest BCUT2D eigenvalue weighted by molar-refractivity contribution is 0.112. The quantitative estimate of drug-likeness (QED) is 0.332. The van der Waals surface area contributed by atoms with Crippen LogP contribution in [0, 0.1) is 11.7 Å². The number of nitrogens with zero attached hydrogens (tertiary/aromatic N) is 5. The summed E-state index contributed by atoms with van der Waals surface area (Å²) in [5.74, 6) is -0.180. The molecular weight excluding hydrogens is 501 g/mol. The number of carbonyl (C=O) groups excluding carboxylic acids is 1. The van der Waals surface area contributed by atoms with Gasteiger partial charge in [-0.2, -0.15) is 0 Å². The van der Waals surface area contributed by atoms with Crippen molar-refractivity contribution in [2.75, 3.05) is 26.2 Å². The molecule has 2 aliphatic rings. The summed E-state index contributed by atoms with van der Waals surface area (Å²) in [4.78, 5) is 34.6. The first-order valence-corrected chi connectivity index (χ1v) is 13.2. The second kappa shape index (κ2) is 9.12. The zero-order valence-corrected chi connectivity index (χ0v) is 21.2. The molecule has 0 bridgehead atoms. The molecule has 4 aromatic heterocycles. The number of aliphatic hydroxyl groups excluding tert-OH is 1. The van der Waals surface area contributed by atoms with Gasteiger partial charge in [0.2, 0.25) is 0 Å². The molecule has 1 aromatic carbocycles. The predicted molar refractivity (Wildman–Crippen MR) is 144 cm³/mol. The summed E-state index contributed by atoms with van der Waals surface area (Å²) in [5, 5.41) is 15.8. The monoisotopic (exact) mass is 529 g/mol. The number of pyridine rings is 1. The fraction of sp³-hybridized carbons (Fsp3) is 0.321. The largest absolute Gasteiger partial charge is 0.396 e. The number of likely N-dealkylation sites (tertiary alicyclic amines) is 1. The van der Waals surface area contributed by atoms with Gasteiger partial charge >= 0.3 is 6.03 Å². The van der Waals surface area contributed by atoms with Crippen molar-refractivity contribution in [3.8, 4) is 22.5 Å². The van der Waals surface area contributed by atoms with Crippen molar-refractivity contribution in [3.63, 3.8) is 0 Å². The number of aromatic nitrogens is 5. The zero-order chi connectivity index (χ0) is 26.7. The highest BCUT2D eigenvalue weighted by Crippen LogP contribution is 2.37. The molecule has 7 rings (SSSR count). The molecule has 1 saturated heterocycles. The van der Waals surface area contributed by atoms with Crippen molar-refractivity contribution in [2.45, 2.75) is 25.9 Å². The lowest BCUT2D eigenvalue weighted by atomic mass is 9.98. The van der Waals surface area contributed by atoms with Gasteiger partial charge in [0, 0.05) is 62.7 Å². The van der Waals surface area contributed by atoms with Crippen LogP contribution in [0.15, 0.2) is 53.7 Å². The van der Waals surface area contributed by atoms with Gasteiger partial charge in [0.25, 0.3) is 5.56 Å². The van der Waals surface area contributed by atoms with Crippen LogP contribution in [0.4, 0.5) is 9.18 Å². The third-order valence-electron chi connectivity index (χ3n) is 8.12. The van der Waals surface area contributed by atoms with E-state index in [0.717, 1.165) is 24.0 Å². The van der Waals surface area contributed by atoms with Gasteiger partial charge in [-0.15, -0.1) is 0 Å². The predicted octanol–water partition coefficient (Wildman–Crippen LogP) is 3.42. The molecular formula is C28H28FN7O3. The van der Waals surface area contributed by atoms with Gasteiger partial charge in [-0.05, 0) is 48.6 Å². The van der Waals surface area contributed by atoms with Gasteiger partial charge in [-0.1, -0.05) is 6.07 Å². The number of imidazole rings is 1. The Bertz CT molecular complexity index is 1770. The average Bonchev–Trinajstić information content (AvgIpc) is 3.61. The highest BCUT2D eigenvalue weighted by Gasteiger charge is 2.30. The second-order valence-electron chi connectivity index (χ2n) is 10.4. The zero-order valence-electron chi connectivity index (χ0n) is 21.2. The molecule has 6 heterocycles. The summed E-state index contributed by atoms with van der Waals surface area (Å²) in [6.07, 6.45) is 7.04. The summed E-state index contributed by atoms with van der Waals surface area (Å²) in [5.41, 5.74) is 4.30. The highest BCUT2D eigenvalue weighted by atomic mass is 19.1. The van der Waals surface area contributed by atoms with Crippen LogP contribution in [-0.2, 0) is 13.1 Å². The van der Waals surface area contributed by atoms with Crippen LogP contribution < -0.4 is 5.56 Å². The maximum absolute atomic E-state index is 15.1. The van der Waals surface area contributed by atoms with E-state index in [0.29, 0.717) is 59.6 Å². The van der Waals surface area contributed by atoms with E-state index in [1.165, 1.54) is 12.1 Å². The van der Waals surface area contributed by atoms with E-state index in [1.54, 1.807) is 11.1 Å². The van der Waals surface area contributed by atoms with E-state index in [4.69, 9.17) is 0 Å². The summed E-state index contributed by atoms with van der Waals surface area (Å²) in [6.45, 7) is 2.62. The number of nitrogens with one attached hydrogen (secondary N) is 2. The van der Waals surface area contributed by atoms with Gasteiger partial charge < -0.3 is 19.5 Å². The summed E-state index contributed by atoms with van der Waals surface area (Å²) in [6, 6.07) is 8.56. The van der Waals surface area contributed by atoms with Gasteiger partial charge in [0.05, 0.1) is 28.7 Å². The number of hydrogen-bond acceptors (Lipinski definition) is 4. The van der Waals surface area contributed by atoms with Crippen molar-refractivity contribution in [3.05, 3.63) is 70.7 Å². The number of amides is 2. The molecule has 3 N–H and O–H groups in total. The van der Waals surface area contributed by atoms with Crippen LogP contribution >= 0.6 is 0 Å². The fourth-order valence-corrected chi connectivity index (χ4v) is 6.09. The minimum Gasteiger partial charge on any atom is -0.396 e. The number of piperidine rings is 1. The highest BCUT2D eigenvalue weighted by molar-refractivity contribution is 6.00. The minimum absolute atomic E-state index is 0.0632. The van der Waals surface area contributed by atoms with Gasteiger partial charge in [0.1, 0.15) is 11.5 Å². The van der Waals surface area contributed by atoms with Crippen molar-refractivity contribution < 1.29 is 14.3 Å². The van der Waals surface area contributed by atoms with Crippen LogP contribution in [0.1, 0.15) is 18.4 Å². The Morgan fingerprint density at radius 3 is 2.77 bits per heavy atom. The van der Waals surface area contributed by atoms with E-state index >= 15 is 4.39 Å². The van der Waals surface area contributed by atoms with Crippen LogP contribution in [0.2, 0.25) is 0 Å². The lowest BCUT2D eigenvalue weighted by Crippen LogP contribution is -2.47. The Morgan fingerprint density at radius 2 is 1.95 bits per heavy atom. The summed E-state index contributed by atoms with van der Waals surface area (Å²) >= 11 is 0. The molecule has 0 aliphatic carbocycles. The molecule has 0 saturated carbocycles. The maximum atomic E-state index is 15.1. The van der Waals surface area contributed by atoms with Crippen LogP contribution in [0.3, 0.4) is 0 Å². The normalized spacial score (nSPS) is 16.4. The van der Waals surface area contributed by atoms with E-state index in [-0.39, 0.29) is 30.7 Å². The molecule has 39 heavy (non-hydrogen) atoms. The average molecular weight is 530 g/mol. The number of fused-ring (bicyclic) bond motifs is 1. The number of H-pyrrole nitrogens is 2. The first-order valence-electron chi connectivity index (χ1n) is 13.2. The Kier molecular flexibility index (Phi) is 5.55. The molecule has 0 spiro atoms.